The minimum Gasteiger partial charge on any atom is -0.340 e. The average molecular weight is 408 g/mol. The van der Waals surface area contributed by atoms with Crippen LogP contribution in [0.25, 0.3) is 0 Å². The van der Waals surface area contributed by atoms with Gasteiger partial charge in [-0.3, -0.25) is 4.79 Å². The van der Waals surface area contributed by atoms with Gasteiger partial charge in [-0.2, -0.15) is 4.31 Å². The fraction of sp³-hybridized carbons (Fsp3) is 0.350. The molecule has 2 aromatic carbocycles. The molecular formula is C20H22F2N2O3S. The number of carbonyl (C=O) groups is 1. The summed E-state index contributed by atoms with van der Waals surface area (Å²) < 4.78 is 53.3. The highest BCUT2D eigenvalue weighted by Gasteiger charge is 2.32. The molecule has 0 aliphatic carbocycles. The number of amides is 1. The molecule has 1 amide bonds. The molecule has 0 saturated carbocycles. The van der Waals surface area contributed by atoms with Crippen molar-refractivity contribution >= 4 is 15.9 Å². The van der Waals surface area contributed by atoms with Crippen molar-refractivity contribution in [3.63, 3.8) is 0 Å². The molecule has 8 heteroatoms. The van der Waals surface area contributed by atoms with Crippen LogP contribution in [0.1, 0.15) is 24.8 Å². The summed E-state index contributed by atoms with van der Waals surface area (Å²) in [5.41, 5.74) is 1.07. The Balaban J connectivity index is 1.61. The first-order chi connectivity index (χ1) is 13.3. The molecule has 1 fully saturated rings. The molecule has 0 N–H and O–H groups in total. The third-order valence-corrected chi connectivity index (χ3v) is 6.88. The zero-order valence-electron chi connectivity index (χ0n) is 15.5. The van der Waals surface area contributed by atoms with Crippen LogP contribution >= 0.6 is 0 Å². The Morgan fingerprint density at radius 2 is 1.68 bits per heavy atom. The fourth-order valence-corrected chi connectivity index (χ4v) is 4.76. The topological polar surface area (TPSA) is 57.7 Å². The molecule has 150 valence electrons. The fourth-order valence-electron chi connectivity index (χ4n) is 3.29. The Labute approximate surface area is 163 Å². The van der Waals surface area contributed by atoms with Crippen LogP contribution in [-0.4, -0.2) is 49.7 Å². The maximum absolute atomic E-state index is 13.9. The molecule has 1 aliphatic rings. The van der Waals surface area contributed by atoms with Gasteiger partial charge in [0.2, 0.25) is 15.9 Å². The van der Waals surface area contributed by atoms with Crippen molar-refractivity contribution in [3.8, 4) is 0 Å². The Hall–Kier alpha value is -2.32. The monoisotopic (exact) mass is 408 g/mol. The number of nitrogens with zero attached hydrogens (tertiary/aromatic N) is 2. The lowest BCUT2D eigenvalue weighted by Crippen LogP contribution is -2.50. The van der Waals surface area contributed by atoms with E-state index in [9.17, 15) is 22.0 Å². The quantitative estimate of drug-likeness (QED) is 0.764. The number of benzene rings is 2. The molecule has 0 radical (unpaired) electrons. The van der Waals surface area contributed by atoms with Crippen LogP contribution in [0.15, 0.2) is 53.4 Å². The van der Waals surface area contributed by atoms with E-state index in [1.807, 2.05) is 37.3 Å². The number of halogens is 2. The van der Waals surface area contributed by atoms with E-state index in [1.54, 1.807) is 4.90 Å². The molecule has 0 unspecified atom stereocenters. The van der Waals surface area contributed by atoms with Crippen molar-refractivity contribution in [2.45, 2.75) is 24.2 Å². The van der Waals surface area contributed by atoms with Crippen LogP contribution in [0.3, 0.4) is 0 Å². The Kier molecular flexibility index (Phi) is 6.10. The summed E-state index contributed by atoms with van der Waals surface area (Å²) in [6, 6.07) is 12.1. The lowest BCUT2D eigenvalue weighted by atomic mass is 9.97. The smallest absolute Gasteiger partial charge is 0.246 e. The van der Waals surface area contributed by atoms with Gasteiger partial charge in [0, 0.05) is 38.7 Å². The molecule has 0 spiro atoms. The third-order valence-electron chi connectivity index (χ3n) is 4.95. The molecule has 1 heterocycles. The molecule has 28 heavy (non-hydrogen) atoms. The van der Waals surface area contributed by atoms with Crippen LogP contribution in [-0.2, 0) is 14.8 Å². The molecular weight excluding hydrogens is 386 g/mol. The zero-order valence-corrected chi connectivity index (χ0v) is 16.3. The molecule has 3 rings (SSSR count). The van der Waals surface area contributed by atoms with E-state index >= 15 is 0 Å². The molecule has 0 aromatic heterocycles. The summed E-state index contributed by atoms with van der Waals surface area (Å²) in [4.78, 5) is 13.6. The number of hydrogen-bond donors (Lipinski definition) is 0. The van der Waals surface area contributed by atoms with Gasteiger partial charge in [-0.15, -0.1) is 0 Å². The average Bonchev–Trinajstić information content (AvgIpc) is 2.68. The molecule has 1 aliphatic heterocycles. The summed E-state index contributed by atoms with van der Waals surface area (Å²) >= 11 is 0. The van der Waals surface area contributed by atoms with Gasteiger partial charge in [0.15, 0.2) is 0 Å². The second-order valence-corrected chi connectivity index (χ2v) is 8.78. The lowest BCUT2D eigenvalue weighted by molar-refractivity contribution is -0.132. The normalized spacial score (nSPS) is 16.8. The predicted octanol–water partition coefficient (Wildman–Crippen LogP) is 2.99. The third kappa shape index (κ3) is 4.39. The van der Waals surface area contributed by atoms with Gasteiger partial charge >= 0.3 is 0 Å². The van der Waals surface area contributed by atoms with Gasteiger partial charge in [-0.1, -0.05) is 37.3 Å². The Morgan fingerprint density at radius 1 is 1.04 bits per heavy atom. The Bertz CT molecular complexity index is 943. The molecule has 2 aromatic rings. The van der Waals surface area contributed by atoms with Crippen LogP contribution < -0.4 is 0 Å². The zero-order chi connectivity index (χ0) is 20.3. The van der Waals surface area contributed by atoms with Crippen LogP contribution in [0.5, 0.6) is 0 Å². The first kappa shape index (κ1) is 20.4. The minimum atomic E-state index is -4.07. The number of sulfonamides is 1. The van der Waals surface area contributed by atoms with Crippen molar-refractivity contribution in [3.05, 3.63) is 65.7 Å². The number of rotatable bonds is 5. The molecule has 0 bridgehead atoms. The number of piperazine rings is 1. The highest BCUT2D eigenvalue weighted by atomic mass is 32.2. The van der Waals surface area contributed by atoms with Gasteiger partial charge < -0.3 is 4.90 Å². The van der Waals surface area contributed by atoms with Gasteiger partial charge in [0.05, 0.1) is 0 Å². The second-order valence-electron chi connectivity index (χ2n) is 6.88. The second kappa shape index (κ2) is 8.36. The lowest BCUT2D eigenvalue weighted by Gasteiger charge is -2.34. The Morgan fingerprint density at radius 3 is 2.29 bits per heavy atom. The van der Waals surface area contributed by atoms with Crippen LogP contribution in [0.2, 0.25) is 0 Å². The van der Waals surface area contributed by atoms with Crippen molar-refractivity contribution in [2.75, 3.05) is 26.2 Å². The summed E-state index contributed by atoms with van der Waals surface area (Å²) in [6.45, 7) is 2.60. The molecule has 1 atom stereocenters. The standard InChI is InChI=1S/C20H22F2N2O3S/c1-15(16-5-3-2-4-6-16)13-20(25)23-9-11-24(12-10-23)28(26,27)19-8-7-17(21)14-18(19)22/h2-8,14-15H,9-13H2,1H3/t15-/m0/s1. The summed E-state index contributed by atoms with van der Waals surface area (Å²) in [7, 11) is -4.07. The van der Waals surface area contributed by atoms with E-state index in [4.69, 9.17) is 0 Å². The summed E-state index contributed by atoms with van der Waals surface area (Å²) in [5, 5.41) is 0. The first-order valence-corrected chi connectivity index (χ1v) is 10.5. The van der Waals surface area contributed by atoms with Gasteiger partial charge in [0.1, 0.15) is 16.5 Å². The maximum atomic E-state index is 13.9. The van der Waals surface area contributed by atoms with E-state index in [0.717, 1.165) is 22.0 Å². The van der Waals surface area contributed by atoms with Gasteiger partial charge in [-0.05, 0) is 23.6 Å². The first-order valence-electron chi connectivity index (χ1n) is 9.07. The highest BCUT2D eigenvalue weighted by Crippen LogP contribution is 2.23. The van der Waals surface area contributed by atoms with E-state index in [1.165, 1.54) is 0 Å². The van der Waals surface area contributed by atoms with E-state index < -0.39 is 26.6 Å². The maximum Gasteiger partial charge on any atom is 0.246 e. The highest BCUT2D eigenvalue weighted by molar-refractivity contribution is 7.89. The van der Waals surface area contributed by atoms with E-state index in [-0.39, 0.29) is 38.0 Å². The van der Waals surface area contributed by atoms with Crippen molar-refractivity contribution in [2.24, 2.45) is 0 Å². The largest absolute Gasteiger partial charge is 0.340 e. The molecule has 1 saturated heterocycles. The van der Waals surface area contributed by atoms with E-state index in [2.05, 4.69) is 0 Å². The van der Waals surface area contributed by atoms with Crippen molar-refractivity contribution in [1.82, 2.24) is 9.21 Å². The number of carbonyl (C=O) groups excluding carboxylic acids is 1. The van der Waals surface area contributed by atoms with Crippen LogP contribution in [0.4, 0.5) is 8.78 Å². The van der Waals surface area contributed by atoms with Crippen LogP contribution in [0, 0.1) is 11.6 Å². The SMILES string of the molecule is C[C@@H](CC(=O)N1CCN(S(=O)(=O)c2ccc(F)cc2F)CC1)c1ccccc1. The van der Waals surface area contributed by atoms with Crippen molar-refractivity contribution < 1.29 is 22.0 Å². The van der Waals surface area contributed by atoms with E-state index in [0.29, 0.717) is 12.5 Å². The van der Waals surface area contributed by atoms with Crippen molar-refractivity contribution in [1.29, 1.82) is 0 Å². The molecule has 5 nitrogen and oxygen atoms in total. The van der Waals surface area contributed by atoms with Gasteiger partial charge in [0.25, 0.3) is 0 Å². The summed E-state index contributed by atoms with van der Waals surface area (Å²) in [6.07, 6.45) is 0.337. The number of hydrogen-bond acceptors (Lipinski definition) is 3. The minimum absolute atomic E-state index is 0.0404. The predicted molar refractivity (Wildman–Crippen MR) is 101 cm³/mol. The summed E-state index contributed by atoms with van der Waals surface area (Å²) in [5.74, 6) is -1.93. The van der Waals surface area contributed by atoms with Gasteiger partial charge in [-0.25, -0.2) is 17.2 Å².